The second-order valence-electron chi connectivity index (χ2n) is 3.98. The van der Waals surface area contributed by atoms with Gasteiger partial charge in [-0.05, 0) is 12.8 Å². The molecular weight excluding hydrogens is 188 g/mol. The first-order valence-electron chi connectivity index (χ1n) is 6.11. The van der Waals surface area contributed by atoms with Gasteiger partial charge in [-0.1, -0.05) is 58.1 Å². The average molecular weight is 212 g/mol. The van der Waals surface area contributed by atoms with Crippen molar-refractivity contribution in [3.8, 4) is 0 Å². The molecule has 0 spiro atoms. The fourth-order valence-corrected chi connectivity index (χ4v) is 1.57. The highest BCUT2D eigenvalue weighted by molar-refractivity contribution is 5.72. The van der Waals surface area contributed by atoms with Crippen molar-refractivity contribution in [1.29, 1.82) is 0 Å². The number of carboxylic acid groups (broad SMARTS) is 1. The Labute approximate surface area is 93.4 Å². The van der Waals surface area contributed by atoms with Crippen molar-refractivity contribution in [2.75, 3.05) is 0 Å². The summed E-state index contributed by atoms with van der Waals surface area (Å²) in [7, 11) is 0. The van der Waals surface area contributed by atoms with Crippen LogP contribution in [0.1, 0.15) is 58.8 Å². The van der Waals surface area contributed by atoms with Crippen molar-refractivity contribution in [1.82, 2.24) is 0 Å². The zero-order chi connectivity index (χ0) is 11.5. The molecule has 0 aromatic carbocycles. The van der Waals surface area contributed by atoms with Gasteiger partial charge < -0.3 is 5.11 Å². The van der Waals surface area contributed by atoms with Gasteiger partial charge in [0.05, 0.1) is 5.92 Å². The van der Waals surface area contributed by atoms with E-state index in [4.69, 9.17) is 5.11 Å². The molecule has 1 atom stereocenters. The van der Waals surface area contributed by atoms with Crippen LogP contribution in [-0.2, 0) is 4.79 Å². The molecule has 0 aliphatic heterocycles. The second-order valence-corrected chi connectivity index (χ2v) is 3.98. The maximum Gasteiger partial charge on any atom is 0.310 e. The van der Waals surface area contributed by atoms with Crippen molar-refractivity contribution >= 4 is 5.97 Å². The van der Waals surface area contributed by atoms with Crippen molar-refractivity contribution in [2.24, 2.45) is 5.92 Å². The summed E-state index contributed by atoms with van der Waals surface area (Å²) in [6.45, 7) is 4.21. The number of carboxylic acids is 1. The molecule has 2 heteroatoms. The molecule has 0 aromatic heterocycles. The lowest BCUT2D eigenvalue weighted by Gasteiger charge is -2.06. The van der Waals surface area contributed by atoms with Crippen LogP contribution in [0.15, 0.2) is 12.2 Å². The van der Waals surface area contributed by atoms with E-state index in [-0.39, 0.29) is 5.92 Å². The number of carbonyl (C=O) groups is 1. The first-order chi connectivity index (χ1) is 7.22. The van der Waals surface area contributed by atoms with Crippen molar-refractivity contribution in [3.05, 3.63) is 12.2 Å². The van der Waals surface area contributed by atoms with Crippen LogP contribution in [0.4, 0.5) is 0 Å². The Hall–Kier alpha value is -0.790. The summed E-state index contributed by atoms with van der Waals surface area (Å²) in [5, 5.41) is 8.95. The summed E-state index contributed by atoms with van der Waals surface area (Å²) in [6.07, 6.45) is 11.4. The molecule has 0 rings (SSSR count). The fraction of sp³-hybridized carbons (Fsp3) is 0.769. The maximum absolute atomic E-state index is 10.9. The maximum atomic E-state index is 10.9. The molecule has 0 heterocycles. The van der Waals surface area contributed by atoms with E-state index in [9.17, 15) is 4.79 Å². The minimum Gasteiger partial charge on any atom is -0.481 e. The van der Waals surface area contributed by atoms with E-state index in [1.807, 2.05) is 19.1 Å². The zero-order valence-electron chi connectivity index (χ0n) is 10.0. The van der Waals surface area contributed by atoms with Crippen molar-refractivity contribution < 1.29 is 9.90 Å². The molecule has 0 bridgehead atoms. The Balaban J connectivity index is 3.67. The van der Waals surface area contributed by atoms with Crippen molar-refractivity contribution in [3.63, 3.8) is 0 Å². The highest BCUT2D eigenvalue weighted by Crippen LogP contribution is 2.13. The number of rotatable bonds is 9. The quantitative estimate of drug-likeness (QED) is 0.463. The minimum atomic E-state index is -0.685. The predicted octanol–water partition coefficient (Wildman–Crippen LogP) is 4.01. The summed E-state index contributed by atoms with van der Waals surface area (Å²) < 4.78 is 0. The normalized spacial score (nSPS) is 13.2. The van der Waals surface area contributed by atoms with Gasteiger partial charge >= 0.3 is 5.97 Å². The van der Waals surface area contributed by atoms with Crippen LogP contribution >= 0.6 is 0 Å². The number of hydrogen-bond donors (Lipinski definition) is 1. The van der Waals surface area contributed by atoms with Gasteiger partial charge in [0.15, 0.2) is 0 Å². The summed E-state index contributed by atoms with van der Waals surface area (Å²) in [5.41, 5.74) is 0. The summed E-state index contributed by atoms with van der Waals surface area (Å²) >= 11 is 0. The molecule has 2 nitrogen and oxygen atoms in total. The third-order valence-electron chi connectivity index (χ3n) is 2.54. The Morgan fingerprint density at radius 1 is 1.20 bits per heavy atom. The lowest BCUT2D eigenvalue weighted by Crippen LogP contribution is -2.10. The molecule has 0 saturated carbocycles. The second kappa shape index (κ2) is 9.75. The highest BCUT2D eigenvalue weighted by Gasteiger charge is 2.12. The van der Waals surface area contributed by atoms with Gasteiger partial charge in [-0.2, -0.15) is 0 Å². The molecule has 0 amide bonds. The van der Waals surface area contributed by atoms with E-state index in [1.165, 1.54) is 19.3 Å². The monoisotopic (exact) mass is 212 g/mol. The zero-order valence-corrected chi connectivity index (χ0v) is 10.0. The molecule has 0 aliphatic carbocycles. The van der Waals surface area contributed by atoms with E-state index in [0.29, 0.717) is 0 Å². The van der Waals surface area contributed by atoms with E-state index in [1.54, 1.807) is 0 Å². The van der Waals surface area contributed by atoms with Crippen LogP contribution in [0.2, 0.25) is 0 Å². The molecule has 0 aromatic rings. The van der Waals surface area contributed by atoms with Crippen molar-refractivity contribution in [2.45, 2.75) is 58.8 Å². The molecule has 88 valence electrons. The third-order valence-corrected chi connectivity index (χ3v) is 2.54. The van der Waals surface area contributed by atoms with E-state index in [2.05, 4.69) is 6.92 Å². The van der Waals surface area contributed by atoms with Crippen LogP contribution in [0.5, 0.6) is 0 Å². The van der Waals surface area contributed by atoms with Gasteiger partial charge in [0.2, 0.25) is 0 Å². The van der Waals surface area contributed by atoms with E-state index in [0.717, 1.165) is 25.7 Å². The molecule has 1 N–H and O–H groups in total. The molecule has 0 aliphatic rings. The Kier molecular flexibility index (Phi) is 9.24. The SMILES string of the molecule is CC/C=C/C(CCCCCCC)C(=O)O. The lowest BCUT2D eigenvalue weighted by atomic mass is 10.00. The molecule has 15 heavy (non-hydrogen) atoms. The van der Waals surface area contributed by atoms with E-state index < -0.39 is 5.97 Å². The number of allylic oxidation sites excluding steroid dienone is 1. The molecule has 0 radical (unpaired) electrons. The van der Waals surface area contributed by atoms with Gasteiger partial charge in [0, 0.05) is 0 Å². The topological polar surface area (TPSA) is 37.3 Å². The Morgan fingerprint density at radius 3 is 2.40 bits per heavy atom. The Morgan fingerprint density at radius 2 is 1.87 bits per heavy atom. The fourth-order valence-electron chi connectivity index (χ4n) is 1.57. The third kappa shape index (κ3) is 8.22. The van der Waals surface area contributed by atoms with Crippen LogP contribution in [0, 0.1) is 5.92 Å². The van der Waals surface area contributed by atoms with Gasteiger partial charge in [-0.3, -0.25) is 4.79 Å². The van der Waals surface area contributed by atoms with Gasteiger partial charge in [-0.15, -0.1) is 0 Å². The summed E-state index contributed by atoms with van der Waals surface area (Å²) in [6, 6.07) is 0. The smallest absolute Gasteiger partial charge is 0.310 e. The van der Waals surface area contributed by atoms with Crippen LogP contribution in [-0.4, -0.2) is 11.1 Å². The minimum absolute atomic E-state index is 0.272. The van der Waals surface area contributed by atoms with Gasteiger partial charge in [0.25, 0.3) is 0 Å². The molecule has 1 unspecified atom stereocenters. The van der Waals surface area contributed by atoms with Crippen LogP contribution in [0.25, 0.3) is 0 Å². The highest BCUT2D eigenvalue weighted by atomic mass is 16.4. The van der Waals surface area contributed by atoms with E-state index >= 15 is 0 Å². The first kappa shape index (κ1) is 14.2. The van der Waals surface area contributed by atoms with Crippen LogP contribution in [0.3, 0.4) is 0 Å². The summed E-state index contributed by atoms with van der Waals surface area (Å²) in [4.78, 5) is 10.9. The molecule has 0 fully saturated rings. The number of aliphatic carboxylic acids is 1. The standard InChI is InChI=1S/C13H24O2/c1-3-5-7-8-9-11-12(13(14)15)10-6-4-2/h6,10,12H,3-5,7-9,11H2,1-2H3,(H,14,15)/b10-6+. The predicted molar refractivity (Wildman–Crippen MR) is 63.9 cm³/mol. The largest absolute Gasteiger partial charge is 0.481 e. The van der Waals surface area contributed by atoms with Crippen LogP contribution < -0.4 is 0 Å². The molecular formula is C13H24O2. The average Bonchev–Trinajstić information content (AvgIpc) is 2.21. The van der Waals surface area contributed by atoms with Gasteiger partial charge in [0.1, 0.15) is 0 Å². The Bertz CT molecular complexity index is 185. The van der Waals surface area contributed by atoms with Gasteiger partial charge in [-0.25, -0.2) is 0 Å². The summed E-state index contributed by atoms with van der Waals surface area (Å²) in [5.74, 6) is -0.957. The number of hydrogen-bond acceptors (Lipinski definition) is 1. The number of unbranched alkanes of at least 4 members (excludes halogenated alkanes) is 4. The first-order valence-corrected chi connectivity index (χ1v) is 6.11. The molecule has 0 saturated heterocycles. The lowest BCUT2D eigenvalue weighted by molar-refractivity contribution is -0.140.